The van der Waals surface area contributed by atoms with Gasteiger partial charge in [-0.05, 0) is 50.5 Å². The van der Waals surface area contributed by atoms with E-state index in [0.717, 1.165) is 46.2 Å². The Bertz CT molecular complexity index is 1330. The summed E-state index contributed by atoms with van der Waals surface area (Å²) in [5.41, 5.74) is 5.10. The molecule has 4 rings (SSSR count). The fourth-order valence-electron chi connectivity index (χ4n) is 3.97. The van der Waals surface area contributed by atoms with Crippen LogP contribution in [-0.2, 0) is 13.0 Å². The van der Waals surface area contributed by atoms with E-state index in [4.69, 9.17) is 14.5 Å². The third-order valence-electron chi connectivity index (χ3n) is 6.22. The van der Waals surface area contributed by atoms with Crippen molar-refractivity contribution in [2.45, 2.75) is 46.2 Å². The molecule has 36 heavy (non-hydrogen) atoms. The number of ether oxygens (including phenoxy) is 2. The van der Waals surface area contributed by atoms with Crippen molar-refractivity contribution in [3.63, 3.8) is 0 Å². The van der Waals surface area contributed by atoms with Crippen molar-refractivity contribution in [3.8, 4) is 33.6 Å². The maximum Gasteiger partial charge on any atom is 0.253 e. The van der Waals surface area contributed by atoms with Gasteiger partial charge in [-0.3, -0.25) is 14.8 Å². The summed E-state index contributed by atoms with van der Waals surface area (Å²) in [6.45, 7) is 6.72. The number of aryl methyl sites for hydroxylation is 1. The number of benzene rings is 1. The molecule has 0 bridgehead atoms. The summed E-state index contributed by atoms with van der Waals surface area (Å²) < 4.78 is 13.0. The molecule has 8 nitrogen and oxygen atoms in total. The van der Waals surface area contributed by atoms with Crippen molar-refractivity contribution in [1.29, 1.82) is 0 Å². The quantitative estimate of drug-likeness (QED) is 0.320. The predicted octanol–water partition coefficient (Wildman–Crippen LogP) is 5.17. The number of carbonyl (C=O) groups is 1. The highest BCUT2D eigenvalue weighted by Crippen LogP contribution is 2.32. The second-order valence-electron chi connectivity index (χ2n) is 8.53. The lowest BCUT2D eigenvalue weighted by Gasteiger charge is -2.14. The molecule has 0 fully saturated rings. The summed E-state index contributed by atoms with van der Waals surface area (Å²) in [6, 6.07) is 7.97. The maximum absolute atomic E-state index is 13.1. The van der Waals surface area contributed by atoms with Gasteiger partial charge in [0.15, 0.2) is 11.5 Å². The molecule has 0 aliphatic rings. The van der Waals surface area contributed by atoms with Crippen LogP contribution in [0.4, 0.5) is 0 Å². The largest absolute Gasteiger partial charge is 0.493 e. The zero-order valence-corrected chi connectivity index (χ0v) is 22.1. The van der Waals surface area contributed by atoms with E-state index in [1.54, 1.807) is 32.8 Å². The first kappa shape index (κ1) is 25.4. The molecule has 1 N–H and O–H groups in total. The first-order valence-corrected chi connectivity index (χ1v) is 12.8. The molecular formula is C27H31N5O3S. The predicted molar refractivity (Wildman–Crippen MR) is 142 cm³/mol. The monoisotopic (exact) mass is 505 g/mol. The molecule has 0 spiro atoms. The molecule has 0 radical (unpaired) electrons. The fourth-order valence-corrected chi connectivity index (χ4v) is 4.75. The average Bonchev–Trinajstić information content (AvgIpc) is 3.52. The molecule has 9 heteroatoms. The van der Waals surface area contributed by atoms with Gasteiger partial charge in [0.05, 0.1) is 37.4 Å². The Morgan fingerprint density at radius 3 is 2.64 bits per heavy atom. The molecule has 0 aliphatic carbocycles. The van der Waals surface area contributed by atoms with Gasteiger partial charge in [0, 0.05) is 36.1 Å². The van der Waals surface area contributed by atoms with Crippen LogP contribution in [0.25, 0.3) is 22.1 Å². The average molecular weight is 506 g/mol. The van der Waals surface area contributed by atoms with Crippen molar-refractivity contribution in [2.75, 3.05) is 14.2 Å². The minimum absolute atomic E-state index is 0.0719. The van der Waals surface area contributed by atoms with E-state index in [1.807, 2.05) is 43.5 Å². The van der Waals surface area contributed by atoms with Crippen LogP contribution in [0.5, 0.6) is 11.5 Å². The number of aromatic nitrogens is 4. The Morgan fingerprint density at radius 2 is 1.94 bits per heavy atom. The molecule has 0 saturated carbocycles. The minimum Gasteiger partial charge on any atom is -0.493 e. The molecule has 0 aliphatic heterocycles. The van der Waals surface area contributed by atoms with Gasteiger partial charge in [-0.1, -0.05) is 13.0 Å². The number of thiazole rings is 1. The second-order valence-corrected chi connectivity index (χ2v) is 9.39. The van der Waals surface area contributed by atoms with E-state index in [0.29, 0.717) is 23.6 Å². The number of nitrogens with one attached hydrogen (secondary N) is 1. The zero-order valence-electron chi connectivity index (χ0n) is 21.2. The van der Waals surface area contributed by atoms with Gasteiger partial charge in [0.1, 0.15) is 10.7 Å². The van der Waals surface area contributed by atoms with Crippen LogP contribution >= 0.6 is 11.3 Å². The van der Waals surface area contributed by atoms with Gasteiger partial charge >= 0.3 is 0 Å². The summed E-state index contributed by atoms with van der Waals surface area (Å²) in [5.74, 6) is 1.32. The lowest BCUT2D eigenvalue weighted by Crippen LogP contribution is -2.32. The van der Waals surface area contributed by atoms with Crippen molar-refractivity contribution in [3.05, 3.63) is 65.1 Å². The van der Waals surface area contributed by atoms with E-state index in [-0.39, 0.29) is 11.9 Å². The van der Waals surface area contributed by atoms with E-state index < -0.39 is 0 Å². The highest BCUT2D eigenvalue weighted by molar-refractivity contribution is 7.13. The summed E-state index contributed by atoms with van der Waals surface area (Å²) in [4.78, 5) is 26.5. The Balaban J connectivity index is 1.69. The van der Waals surface area contributed by atoms with Gasteiger partial charge in [-0.25, -0.2) is 4.98 Å². The molecule has 3 aromatic heterocycles. The van der Waals surface area contributed by atoms with Crippen LogP contribution < -0.4 is 14.8 Å². The standard InChI is InChI=1S/C27H31N5O3S/c1-6-17(2)30-26(33)20-14-23(22-16-36-27(31-22)21-15-28-10-11-29-21)32(18(20)3)12-9-19-7-8-24(34-4)25(13-19)35-5/h7-8,10-11,13-17H,6,9,12H2,1-5H3,(H,30,33). The van der Waals surface area contributed by atoms with Crippen LogP contribution in [0.1, 0.15) is 41.9 Å². The van der Waals surface area contributed by atoms with E-state index in [9.17, 15) is 4.79 Å². The van der Waals surface area contributed by atoms with Crippen molar-refractivity contribution >= 4 is 17.2 Å². The first-order valence-electron chi connectivity index (χ1n) is 11.9. The Labute approximate surface area is 215 Å². The number of hydrogen-bond donors (Lipinski definition) is 1. The molecule has 4 aromatic rings. The SMILES string of the molecule is CCC(C)NC(=O)c1cc(-c2csc(-c3cnccn3)n2)n(CCc2ccc(OC)c(OC)c2)c1C. The molecule has 1 amide bonds. The van der Waals surface area contributed by atoms with E-state index in [2.05, 4.69) is 26.8 Å². The third-order valence-corrected chi connectivity index (χ3v) is 7.09. The third kappa shape index (κ3) is 5.41. The topological polar surface area (TPSA) is 91.2 Å². The summed E-state index contributed by atoms with van der Waals surface area (Å²) in [6.07, 6.45) is 6.61. The number of carbonyl (C=O) groups excluding carboxylic acids is 1. The number of nitrogens with zero attached hydrogens (tertiary/aromatic N) is 4. The molecule has 1 aromatic carbocycles. The molecule has 1 unspecified atom stereocenters. The minimum atomic E-state index is -0.0719. The summed E-state index contributed by atoms with van der Waals surface area (Å²) in [7, 11) is 3.26. The normalized spacial score (nSPS) is 11.8. The van der Waals surface area contributed by atoms with Gasteiger partial charge in [0.25, 0.3) is 5.91 Å². The van der Waals surface area contributed by atoms with Gasteiger partial charge in [-0.15, -0.1) is 11.3 Å². The second kappa shape index (κ2) is 11.3. The lowest BCUT2D eigenvalue weighted by atomic mass is 10.1. The fraction of sp³-hybridized carbons (Fsp3) is 0.333. The number of methoxy groups -OCH3 is 2. The Hall–Kier alpha value is -3.72. The van der Waals surface area contributed by atoms with E-state index >= 15 is 0 Å². The number of amides is 1. The van der Waals surface area contributed by atoms with Crippen LogP contribution in [-0.4, -0.2) is 45.7 Å². The highest BCUT2D eigenvalue weighted by atomic mass is 32.1. The summed E-state index contributed by atoms with van der Waals surface area (Å²) in [5, 5.41) is 5.88. The molecule has 1 atom stereocenters. The van der Waals surface area contributed by atoms with Gasteiger partial charge in [0.2, 0.25) is 0 Å². The molecule has 3 heterocycles. The Morgan fingerprint density at radius 1 is 1.14 bits per heavy atom. The Kier molecular flexibility index (Phi) is 8.00. The van der Waals surface area contributed by atoms with Crippen LogP contribution in [0.15, 0.2) is 48.2 Å². The molecule has 188 valence electrons. The van der Waals surface area contributed by atoms with Gasteiger partial charge in [-0.2, -0.15) is 0 Å². The van der Waals surface area contributed by atoms with Crippen LogP contribution in [0.2, 0.25) is 0 Å². The number of rotatable bonds is 10. The summed E-state index contributed by atoms with van der Waals surface area (Å²) >= 11 is 1.51. The van der Waals surface area contributed by atoms with Crippen molar-refractivity contribution in [1.82, 2.24) is 24.8 Å². The smallest absolute Gasteiger partial charge is 0.253 e. The van der Waals surface area contributed by atoms with Crippen molar-refractivity contribution < 1.29 is 14.3 Å². The molecule has 0 saturated heterocycles. The van der Waals surface area contributed by atoms with Crippen molar-refractivity contribution in [2.24, 2.45) is 0 Å². The lowest BCUT2D eigenvalue weighted by molar-refractivity contribution is 0.0938. The number of hydrogen-bond acceptors (Lipinski definition) is 7. The van der Waals surface area contributed by atoms with Crippen LogP contribution in [0, 0.1) is 6.92 Å². The highest BCUT2D eigenvalue weighted by Gasteiger charge is 2.21. The van der Waals surface area contributed by atoms with Gasteiger partial charge < -0.3 is 19.4 Å². The van der Waals surface area contributed by atoms with Crippen LogP contribution in [0.3, 0.4) is 0 Å². The zero-order chi connectivity index (χ0) is 25.7. The first-order chi connectivity index (χ1) is 17.4. The maximum atomic E-state index is 13.1. The molecular weight excluding hydrogens is 474 g/mol. The van der Waals surface area contributed by atoms with E-state index in [1.165, 1.54) is 11.3 Å².